The van der Waals surface area contributed by atoms with Crippen LogP contribution in [0.25, 0.3) is 0 Å². The molecule has 1 aliphatic rings. The first-order chi connectivity index (χ1) is 6.72. The van der Waals surface area contributed by atoms with Crippen LogP contribution in [-0.4, -0.2) is 7.11 Å². The lowest BCUT2D eigenvalue weighted by atomic mass is 9.98. The molecular weight excluding hydrogens is 174 g/mol. The fourth-order valence-electron chi connectivity index (χ4n) is 2.23. The summed E-state index contributed by atoms with van der Waals surface area (Å²) in [5, 5.41) is 0. The van der Waals surface area contributed by atoms with Crippen molar-refractivity contribution >= 4 is 0 Å². The van der Waals surface area contributed by atoms with E-state index in [9.17, 15) is 0 Å². The van der Waals surface area contributed by atoms with Crippen LogP contribution in [0.5, 0.6) is 5.75 Å². The minimum Gasteiger partial charge on any atom is -0.497 e. The van der Waals surface area contributed by atoms with Crippen molar-refractivity contribution < 1.29 is 4.74 Å². The van der Waals surface area contributed by atoms with E-state index in [-0.39, 0.29) is 6.04 Å². The van der Waals surface area contributed by atoms with Crippen LogP contribution in [0.15, 0.2) is 12.1 Å². The van der Waals surface area contributed by atoms with E-state index in [2.05, 4.69) is 12.1 Å². The minimum atomic E-state index is 0.108. The largest absolute Gasteiger partial charge is 0.497 e. The topological polar surface area (TPSA) is 35.2 Å². The molecule has 0 radical (unpaired) electrons. The van der Waals surface area contributed by atoms with Crippen molar-refractivity contribution in [1.82, 2.24) is 0 Å². The molecule has 1 unspecified atom stereocenters. The Morgan fingerprint density at radius 2 is 2.14 bits per heavy atom. The molecule has 0 saturated carbocycles. The molecule has 0 fully saturated rings. The van der Waals surface area contributed by atoms with Gasteiger partial charge in [0, 0.05) is 6.04 Å². The summed E-state index contributed by atoms with van der Waals surface area (Å²) in [6, 6.07) is 4.33. The van der Waals surface area contributed by atoms with Gasteiger partial charge in [0.05, 0.1) is 7.11 Å². The average molecular weight is 191 g/mol. The molecule has 1 atom stereocenters. The van der Waals surface area contributed by atoms with Crippen molar-refractivity contribution in [2.75, 3.05) is 7.11 Å². The smallest absolute Gasteiger partial charge is 0.119 e. The zero-order valence-electron chi connectivity index (χ0n) is 8.84. The molecule has 2 N–H and O–H groups in total. The number of rotatable bonds is 2. The van der Waals surface area contributed by atoms with Crippen molar-refractivity contribution in [3.05, 3.63) is 28.8 Å². The third kappa shape index (κ3) is 1.50. The van der Waals surface area contributed by atoms with E-state index >= 15 is 0 Å². The van der Waals surface area contributed by atoms with Crippen LogP contribution in [0.3, 0.4) is 0 Å². The summed E-state index contributed by atoms with van der Waals surface area (Å²) in [4.78, 5) is 0. The second-order valence-corrected chi connectivity index (χ2v) is 4.00. The van der Waals surface area contributed by atoms with E-state index in [1.54, 1.807) is 7.11 Å². The molecule has 2 heteroatoms. The Kier molecular flexibility index (Phi) is 2.46. The Bertz CT molecular complexity index is 344. The first kappa shape index (κ1) is 9.53. The Morgan fingerprint density at radius 1 is 1.36 bits per heavy atom. The predicted octanol–water partition coefficient (Wildman–Crippen LogP) is 2.20. The first-order valence-electron chi connectivity index (χ1n) is 5.17. The Labute approximate surface area is 85.1 Å². The monoisotopic (exact) mass is 191 g/mol. The van der Waals surface area contributed by atoms with Gasteiger partial charge in [-0.15, -0.1) is 0 Å². The zero-order valence-corrected chi connectivity index (χ0v) is 8.84. The number of hydrogen-bond acceptors (Lipinski definition) is 2. The summed E-state index contributed by atoms with van der Waals surface area (Å²) in [6.45, 7) is 2.04. The standard InChI is InChI=1S/C12H17NO/c1-8(13)12-7-10(14-2)6-9-4-3-5-11(9)12/h6-8H,3-5,13H2,1-2H3. The molecule has 2 nitrogen and oxygen atoms in total. The minimum absolute atomic E-state index is 0.108. The molecule has 0 bridgehead atoms. The fourth-order valence-corrected chi connectivity index (χ4v) is 2.23. The van der Waals surface area contributed by atoms with Crippen molar-refractivity contribution in [1.29, 1.82) is 0 Å². The molecule has 0 aromatic heterocycles. The van der Waals surface area contributed by atoms with Gasteiger partial charge in [-0.25, -0.2) is 0 Å². The highest BCUT2D eigenvalue weighted by Gasteiger charge is 2.18. The molecule has 1 aliphatic carbocycles. The quantitative estimate of drug-likeness (QED) is 0.777. The molecule has 0 spiro atoms. The lowest BCUT2D eigenvalue weighted by Crippen LogP contribution is -2.08. The van der Waals surface area contributed by atoms with Gasteiger partial charge in [0.1, 0.15) is 5.75 Å². The molecular formula is C12H17NO. The normalized spacial score (nSPS) is 16.5. The van der Waals surface area contributed by atoms with Gasteiger partial charge in [-0.05, 0) is 55.0 Å². The van der Waals surface area contributed by atoms with Crippen LogP contribution < -0.4 is 10.5 Å². The third-order valence-electron chi connectivity index (χ3n) is 2.95. The highest BCUT2D eigenvalue weighted by atomic mass is 16.5. The zero-order chi connectivity index (χ0) is 10.1. The van der Waals surface area contributed by atoms with Gasteiger partial charge >= 0.3 is 0 Å². The average Bonchev–Trinajstić information content (AvgIpc) is 2.63. The number of benzene rings is 1. The number of fused-ring (bicyclic) bond motifs is 1. The van der Waals surface area contributed by atoms with E-state index in [1.165, 1.54) is 36.0 Å². The summed E-state index contributed by atoms with van der Waals surface area (Å²) >= 11 is 0. The Balaban J connectivity index is 2.52. The van der Waals surface area contributed by atoms with E-state index < -0.39 is 0 Å². The molecule has 1 aromatic rings. The van der Waals surface area contributed by atoms with Crippen LogP contribution in [-0.2, 0) is 12.8 Å². The maximum Gasteiger partial charge on any atom is 0.119 e. The molecule has 0 heterocycles. The van der Waals surface area contributed by atoms with Crippen LogP contribution >= 0.6 is 0 Å². The van der Waals surface area contributed by atoms with Crippen LogP contribution in [0, 0.1) is 0 Å². The highest BCUT2D eigenvalue weighted by molar-refractivity contribution is 5.45. The predicted molar refractivity (Wildman–Crippen MR) is 57.6 cm³/mol. The second-order valence-electron chi connectivity index (χ2n) is 4.00. The van der Waals surface area contributed by atoms with Gasteiger partial charge in [0.15, 0.2) is 0 Å². The van der Waals surface area contributed by atoms with Crippen molar-refractivity contribution in [2.45, 2.75) is 32.2 Å². The van der Waals surface area contributed by atoms with Crippen LogP contribution in [0.4, 0.5) is 0 Å². The molecule has 0 amide bonds. The van der Waals surface area contributed by atoms with E-state index in [0.717, 1.165) is 5.75 Å². The summed E-state index contributed by atoms with van der Waals surface area (Å²) in [5.41, 5.74) is 10.1. The Morgan fingerprint density at radius 3 is 2.79 bits per heavy atom. The fraction of sp³-hybridized carbons (Fsp3) is 0.500. The molecule has 0 aliphatic heterocycles. The molecule has 76 valence electrons. The number of aryl methyl sites for hydroxylation is 1. The number of hydrogen-bond donors (Lipinski definition) is 1. The van der Waals surface area contributed by atoms with Crippen LogP contribution in [0.1, 0.15) is 36.1 Å². The Hall–Kier alpha value is -1.02. The van der Waals surface area contributed by atoms with Crippen molar-refractivity contribution in [3.63, 3.8) is 0 Å². The van der Waals surface area contributed by atoms with E-state index in [0.29, 0.717) is 0 Å². The number of nitrogens with two attached hydrogens (primary N) is 1. The molecule has 14 heavy (non-hydrogen) atoms. The molecule has 0 saturated heterocycles. The lowest BCUT2D eigenvalue weighted by Gasteiger charge is -2.14. The maximum absolute atomic E-state index is 5.95. The number of ether oxygens (including phenoxy) is 1. The lowest BCUT2D eigenvalue weighted by molar-refractivity contribution is 0.413. The summed E-state index contributed by atoms with van der Waals surface area (Å²) in [7, 11) is 1.71. The maximum atomic E-state index is 5.95. The van der Waals surface area contributed by atoms with Gasteiger partial charge in [-0.2, -0.15) is 0 Å². The SMILES string of the molecule is COc1cc2c(c(C(C)N)c1)CCC2. The first-order valence-corrected chi connectivity index (χ1v) is 5.17. The van der Waals surface area contributed by atoms with E-state index in [4.69, 9.17) is 10.5 Å². The van der Waals surface area contributed by atoms with Gasteiger partial charge in [-0.3, -0.25) is 0 Å². The van der Waals surface area contributed by atoms with Crippen molar-refractivity contribution in [2.24, 2.45) is 5.73 Å². The highest BCUT2D eigenvalue weighted by Crippen LogP contribution is 2.32. The second kappa shape index (κ2) is 3.62. The summed E-state index contributed by atoms with van der Waals surface area (Å²) < 4.78 is 5.27. The molecule has 1 aromatic carbocycles. The van der Waals surface area contributed by atoms with E-state index in [1.807, 2.05) is 6.92 Å². The summed E-state index contributed by atoms with van der Waals surface area (Å²) in [6.07, 6.45) is 3.60. The van der Waals surface area contributed by atoms with Gasteiger partial charge in [-0.1, -0.05) is 0 Å². The van der Waals surface area contributed by atoms with Crippen molar-refractivity contribution in [3.8, 4) is 5.75 Å². The molecule has 2 rings (SSSR count). The summed E-state index contributed by atoms with van der Waals surface area (Å²) in [5.74, 6) is 0.943. The number of methoxy groups -OCH3 is 1. The van der Waals surface area contributed by atoms with Gasteiger partial charge in [0.25, 0.3) is 0 Å². The third-order valence-corrected chi connectivity index (χ3v) is 2.95. The van der Waals surface area contributed by atoms with Gasteiger partial charge in [0.2, 0.25) is 0 Å². The van der Waals surface area contributed by atoms with Crippen LogP contribution in [0.2, 0.25) is 0 Å². The van der Waals surface area contributed by atoms with Gasteiger partial charge < -0.3 is 10.5 Å².